The van der Waals surface area contributed by atoms with Crippen molar-refractivity contribution in [2.24, 2.45) is 0 Å². The number of methoxy groups -OCH3 is 1. The number of carbonyl (C=O) groups is 2. The van der Waals surface area contributed by atoms with Crippen LogP contribution >= 0.6 is 0 Å². The summed E-state index contributed by atoms with van der Waals surface area (Å²) in [5, 5.41) is 2.44. The van der Waals surface area contributed by atoms with Crippen LogP contribution in [0.15, 0.2) is 18.3 Å². The van der Waals surface area contributed by atoms with E-state index in [9.17, 15) is 9.59 Å². The third kappa shape index (κ3) is 4.57. The zero-order chi connectivity index (χ0) is 14.5. The summed E-state index contributed by atoms with van der Waals surface area (Å²) in [6.07, 6.45) is 1.41. The normalized spacial score (nSPS) is 12.4. The first kappa shape index (κ1) is 14.9. The fourth-order valence-electron chi connectivity index (χ4n) is 1.41. The largest absolute Gasteiger partial charge is 0.495 e. The lowest BCUT2D eigenvalue weighted by atomic mass is 10.2. The molecule has 0 fully saturated rings. The average Bonchev–Trinajstić information content (AvgIpc) is 2.33. The van der Waals surface area contributed by atoms with E-state index in [1.165, 1.54) is 13.3 Å². The number of aromatic nitrogens is 1. The molecule has 1 aromatic rings. The molecule has 0 aliphatic carbocycles. The maximum atomic E-state index is 11.6. The number of rotatable bonds is 4. The summed E-state index contributed by atoms with van der Waals surface area (Å²) in [4.78, 5) is 26.8. The Kier molecular flexibility index (Phi) is 4.86. The summed E-state index contributed by atoms with van der Waals surface area (Å²) in [7, 11) is 1.47. The lowest BCUT2D eigenvalue weighted by Gasteiger charge is -2.21. The summed E-state index contributed by atoms with van der Waals surface area (Å²) < 4.78 is 10.2. The van der Waals surface area contributed by atoms with Crippen LogP contribution in [0.4, 0.5) is 4.79 Å². The summed E-state index contributed by atoms with van der Waals surface area (Å²) >= 11 is 0. The molecule has 1 aromatic heterocycles. The van der Waals surface area contributed by atoms with Gasteiger partial charge in [-0.05, 0) is 32.9 Å². The van der Waals surface area contributed by atoms with Crippen LogP contribution in [0, 0.1) is 0 Å². The maximum Gasteiger partial charge on any atom is 0.408 e. The quantitative estimate of drug-likeness (QED) is 0.841. The Morgan fingerprint density at radius 2 is 2.16 bits per heavy atom. The molecule has 6 nitrogen and oxygen atoms in total. The molecule has 0 saturated heterocycles. The van der Waals surface area contributed by atoms with Crippen LogP contribution in [0.25, 0.3) is 0 Å². The van der Waals surface area contributed by atoms with E-state index in [2.05, 4.69) is 10.3 Å². The monoisotopic (exact) mass is 266 g/mol. The van der Waals surface area contributed by atoms with Crippen molar-refractivity contribution in [2.75, 3.05) is 7.11 Å². The van der Waals surface area contributed by atoms with Crippen LogP contribution in [-0.4, -0.2) is 30.1 Å². The van der Waals surface area contributed by atoms with Crippen LogP contribution in [0.2, 0.25) is 0 Å². The highest BCUT2D eigenvalue weighted by Crippen LogP contribution is 2.21. The molecule has 1 N–H and O–H groups in total. The van der Waals surface area contributed by atoms with E-state index in [0.717, 1.165) is 0 Å². The highest BCUT2D eigenvalue weighted by Gasteiger charge is 2.22. The number of aldehydes is 1. The van der Waals surface area contributed by atoms with Crippen molar-refractivity contribution in [1.29, 1.82) is 0 Å². The van der Waals surface area contributed by atoms with Crippen LogP contribution in [0.3, 0.4) is 0 Å². The van der Waals surface area contributed by atoms with Gasteiger partial charge >= 0.3 is 6.09 Å². The van der Waals surface area contributed by atoms with E-state index in [0.29, 0.717) is 17.7 Å². The van der Waals surface area contributed by atoms with E-state index >= 15 is 0 Å². The van der Waals surface area contributed by atoms with E-state index in [-0.39, 0.29) is 0 Å². The van der Waals surface area contributed by atoms with Crippen molar-refractivity contribution >= 4 is 12.4 Å². The molecule has 0 bridgehead atoms. The van der Waals surface area contributed by atoms with Gasteiger partial charge < -0.3 is 19.6 Å². The maximum absolute atomic E-state index is 11.6. The number of alkyl carbamates (subject to hydrolysis) is 1. The van der Waals surface area contributed by atoms with Crippen molar-refractivity contribution in [3.05, 3.63) is 24.0 Å². The van der Waals surface area contributed by atoms with Crippen LogP contribution < -0.4 is 10.1 Å². The van der Waals surface area contributed by atoms with Gasteiger partial charge in [-0.3, -0.25) is 4.98 Å². The van der Waals surface area contributed by atoms with Gasteiger partial charge in [0.25, 0.3) is 0 Å². The van der Waals surface area contributed by atoms with Crippen LogP contribution in [0.1, 0.15) is 32.5 Å². The lowest BCUT2D eigenvalue weighted by molar-refractivity contribution is -0.109. The minimum absolute atomic E-state index is 0.339. The molecule has 19 heavy (non-hydrogen) atoms. The first-order valence-electron chi connectivity index (χ1n) is 5.81. The second-order valence-corrected chi connectivity index (χ2v) is 4.85. The predicted molar refractivity (Wildman–Crippen MR) is 69.0 cm³/mol. The van der Waals surface area contributed by atoms with E-state index in [4.69, 9.17) is 9.47 Å². The molecule has 104 valence electrons. The van der Waals surface area contributed by atoms with Gasteiger partial charge in [0.15, 0.2) is 0 Å². The molecule has 0 aromatic carbocycles. The first-order chi connectivity index (χ1) is 8.87. The number of hydrogen-bond donors (Lipinski definition) is 1. The fourth-order valence-corrected chi connectivity index (χ4v) is 1.41. The molecule has 6 heteroatoms. The second-order valence-electron chi connectivity index (χ2n) is 4.85. The minimum atomic E-state index is -0.911. The average molecular weight is 266 g/mol. The number of nitrogens with one attached hydrogen (secondary N) is 1. The number of carbonyl (C=O) groups excluding carboxylic acids is 2. The van der Waals surface area contributed by atoms with Crippen molar-refractivity contribution in [3.8, 4) is 5.75 Å². The van der Waals surface area contributed by atoms with Crippen LogP contribution in [0.5, 0.6) is 5.75 Å². The molecule has 0 radical (unpaired) electrons. The zero-order valence-electron chi connectivity index (χ0n) is 11.5. The standard InChI is InChI=1S/C13H18N2O4/c1-13(2,3)19-12(17)15-9(8-16)11-10(18-4)6-5-7-14-11/h5-9H,1-4H3,(H,15,17). The smallest absolute Gasteiger partial charge is 0.408 e. The molecule has 1 amide bonds. The van der Waals surface area contributed by atoms with Gasteiger partial charge in [0.2, 0.25) is 0 Å². The Bertz CT molecular complexity index is 454. The van der Waals surface area contributed by atoms with Gasteiger partial charge in [0.05, 0.1) is 7.11 Å². The Hall–Kier alpha value is -2.11. The molecule has 1 unspecified atom stereocenters. The Morgan fingerprint density at radius 3 is 2.68 bits per heavy atom. The molecule has 1 atom stereocenters. The number of nitrogens with zero attached hydrogens (tertiary/aromatic N) is 1. The Labute approximate surface area is 112 Å². The molecule has 0 spiro atoms. The minimum Gasteiger partial charge on any atom is -0.495 e. The molecule has 1 rings (SSSR count). The number of pyridine rings is 1. The van der Waals surface area contributed by atoms with Gasteiger partial charge in [-0.2, -0.15) is 0 Å². The Morgan fingerprint density at radius 1 is 1.47 bits per heavy atom. The van der Waals surface area contributed by atoms with Gasteiger partial charge in [-0.1, -0.05) is 0 Å². The number of hydrogen-bond acceptors (Lipinski definition) is 5. The van der Waals surface area contributed by atoms with Crippen molar-refractivity contribution in [2.45, 2.75) is 32.4 Å². The number of amides is 1. The molecular weight excluding hydrogens is 248 g/mol. The highest BCUT2D eigenvalue weighted by molar-refractivity contribution is 5.74. The fraction of sp³-hybridized carbons (Fsp3) is 0.462. The summed E-state index contributed by atoms with van der Waals surface area (Å²) in [6, 6.07) is 2.43. The predicted octanol–water partition coefficient (Wildman–Crippen LogP) is 1.85. The van der Waals surface area contributed by atoms with Crippen molar-refractivity contribution in [1.82, 2.24) is 10.3 Å². The van der Waals surface area contributed by atoms with E-state index in [1.807, 2.05) is 0 Å². The Balaban J connectivity index is 2.84. The van der Waals surface area contributed by atoms with Crippen molar-refractivity contribution < 1.29 is 19.1 Å². The molecule has 1 heterocycles. The zero-order valence-corrected chi connectivity index (χ0v) is 11.5. The number of ether oxygens (including phenoxy) is 2. The second kappa shape index (κ2) is 6.17. The van der Waals surface area contributed by atoms with E-state index < -0.39 is 17.7 Å². The lowest BCUT2D eigenvalue weighted by Crippen LogP contribution is -2.36. The summed E-state index contributed by atoms with van der Waals surface area (Å²) in [5.74, 6) is 0.427. The SMILES string of the molecule is COc1cccnc1C(C=O)NC(=O)OC(C)(C)C. The van der Waals surface area contributed by atoms with Gasteiger partial charge in [-0.25, -0.2) is 4.79 Å². The first-order valence-corrected chi connectivity index (χ1v) is 5.81. The van der Waals surface area contributed by atoms with Crippen molar-refractivity contribution in [3.63, 3.8) is 0 Å². The molecule has 0 aliphatic heterocycles. The third-order valence-corrected chi connectivity index (χ3v) is 2.12. The molecular formula is C13H18N2O4. The van der Waals surface area contributed by atoms with E-state index in [1.54, 1.807) is 32.9 Å². The topological polar surface area (TPSA) is 77.5 Å². The van der Waals surface area contributed by atoms with Gasteiger partial charge in [0.1, 0.15) is 29.4 Å². The van der Waals surface area contributed by atoms with Gasteiger partial charge in [0, 0.05) is 6.20 Å². The highest BCUT2D eigenvalue weighted by atomic mass is 16.6. The molecule has 0 saturated carbocycles. The van der Waals surface area contributed by atoms with Crippen LogP contribution in [-0.2, 0) is 9.53 Å². The molecule has 0 aliphatic rings. The third-order valence-electron chi connectivity index (χ3n) is 2.12. The summed E-state index contributed by atoms with van der Waals surface area (Å²) in [6.45, 7) is 5.22. The van der Waals surface area contributed by atoms with Gasteiger partial charge in [-0.15, -0.1) is 0 Å². The summed E-state index contributed by atoms with van der Waals surface area (Å²) in [5.41, 5.74) is -0.294.